The molecule has 0 radical (unpaired) electrons. The number of methoxy groups -OCH3 is 1. The van der Waals surface area contributed by atoms with Gasteiger partial charge in [-0.3, -0.25) is 0 Å². The molecule has 2 N–H and O–H groups in total. The molecule has 13 heavy (non-hydrogen) atoms. The first-order valence-corrected chi connectivity index (χ1v) is 4.19. The zero-order chi connectivity index (χ0) is 9.84. The van der Waals surface area contributed by atoms with E-state index >= 15 is 0 Å². The fourth-order valence-electron chi connectivity index (χ4n) is 0.993. The van der Waals surface area contributed by atoms with Gasteiger partial charge >= 0.3 is 5.75 Å². The maximum absolute atomic E-state index is 7.60. The van der Waals surface area contributed by atoms with E-state index in [0.29, 0.717) is 17.2 Å². The summed E-state index contributed by atoms with van der Waals surface area (Å²) in [6, 6.07) is 5.18. The Bertz CT molecular complexity index is 281. The fourth-order valence-corrected chi connectivity index (χ4v) is 0.993. The minimum Gasteiger partial charge on any atom is -0.591 e. The summed E-state index contributed by atoms with van der Waals surface area (Å²) >= 11 is 0. The molecule has 0 unspecified atom stereocenters. The highest BCUT2D eigenvalue weighted by atomic mass is 16.5. The van der Waals surface area contributed by atoms with Crippen molar-refractivity contribution < 1.29 is 14.6 Å². The Morgan fingerprint density at radius 3 is 2.46 bits per heavy atom. The van der Waals surface area contributed by atoms with Crippen LogP contribution in [0.25, 0.3) is 0 Å². The molecule has 0 atom stereocenters. The topological polar surface area (TPSA) is 41.4 Å². The third-order valence-corrected chi connectivity index (χ3v) is 1.55. The van der Waals surface area contributed by atoms with E-state index in [1.165, 1.54) is 0 Å². The Balaban J connectivity index is 2.85. The largest absolute Gasteiger partial charge is 0.591 e. The van der Waals surface area contributed by atoms with Crippen molar-refractivity contribution in [3.05, 3.63) is 18.2 Å². The average molecular weight is 183 g/mol. The maximum Gasteiger partial charge on any atom is 0.300 e. The second-order valence-electron chi connectivity index (χ2n) is 3.03. The van der Waals surface area contributed by atoms with Crippen molar-refractivity contribution in [2.45, 2.75) is 20.0 Å². The van der Waals surface area contributed by atoms with Crippen LogP contribution in [-0.4, -0.2) is 18.3 Å². The van der Waals surface area contributed by atoms with Crippen LogP contribution in [0.15, 0.2) is 18.2 Å². The second kappa shape index (κ2) is 4.03. The van der Waals surface area contributed by atoms with Crippen LogP contribution in [0, 0.1) is 0 Å². The molecule has 1 rings (SSSR count). The minimum absolute atomic E-state index is 0.0949. The Labute approximate surface area is 77.9 Å². The van der Waals surface area contributed by atoms with Crippen molar-refractivity contribution in [2.24, 2.45) is 0 Å². The summed E-state index contributed by atoms with van der Waals surface area (Å²) in [5, 5.41) is 7.60. The summed E-state index contributed by atoms with van der Waals surface area (Å²) < 4.78 is 10.4. The molecule has 0 saturated carbocycles. The lowest BCUT2D eigenvalue weighted by molar-refractivity contribution is 0.231. The standard InChI is InChI=1S/C10H14O3/c1-7(2)13-10-5-4-8(12-3)6-9(10)11/h4-7,11H,1-3H3/p+1. The first-order valence-electron chi connectivity index (χ1n) is 4.19. The van der Waals surface area contributed by atoms with Crippen LogP contribution in [0.4, 0.5) is 0 Å². The van der Waals surface area contributed by atoms with Gasteiger partial charge in [0.1, 0.15) is 5.75 Å². The lowest BCUT2D eigenvalue weighted by Crippen LogP contribution is -2.05. The van der Waals surface area contributed by atoms with Crippen LogP contribution in [-0.2, 0) is 0 Å². The summed E-state index contributed by atoms with van der Waals surface area (Å²) in [5.41, 5.74) is 0. The van der Waals surface area contributed by atoms with E-state index in [9.17, 15) is 0 Å². The summed E-state index contributed by atoms with van der Waals surface area (Å²) in [5.74, 6) is 1.63. The highest BCUT2D eigenvalue weighted by Gasteiger charge is 2.09. The van der Waals surface area contributed by atoms with E-state index in [1.807, 2.05) is 13.8 Å². The molecule has 0 heterocycles. The summed E-state index contributed by atoms with van der Waals surface area (Å²) in [6.45, 7) is 3.87. The molecular weight excluding hydrogens is 168 g/mol. The van der Waals surface area contributed by atoms with Crippen LogP contribution in [0.1, 0.15) is 13.8 Å². The minimum atomic E-state index is 0.0949. The first kappa shape index (κ1) is 9.71. The molecule has 0 bridgehead atoms. The van der Waals surface area contributed by atoms with Gasteiger partial charge in [-0.25, -0.2) is 0 Å². The fraction of sp³-hybridized carbons (Fsp3) is 0.400. The molecule has 0 aliphatic heterocycles. The van der Waals surface area contributed by atoms with Crippen molar-refractivity contribution in [1.29, 1.82) is 0 Å². The normalized spacial score (nSPS) is 10.2. The average Bonchev–Trinajstić information content (AvgIpc) is 2.08. The van der Waals surface area contributed by atoms with E-state index in [2.05, 4.69) is 0 Å². The van der Waals surface area contributed by atoms with Gasteiger partial charge in [-0.1, -0.05) is 0 Å². The van der Waals surface area contributed by atoms with Gasteiger partial charge in [-0.05, 0) is 26.0 Å². The summed E-state index contributed by atoms with van der Waals surface area (Å²) in [4.78, 5) is 0. The van der Waals surface area contributed by atoms with Crippen molar-refractivity contribution in [3.63, 3.8) is 0 Å². The van der Waals surface area contributed by atoms with Gasteiger partial charge in [0.2, 0.25) is 5.75 Å². The molecule has 0 fully saturated rings. The van der Waals surface area contributed by atoms with Gasteiger partial charge < -0.3 is 14.6 Å². The van der Waals surface area contributed by atoms with E-state index in [-0.39, 0.29) is 6.10 Å². The van der Waals surface area contributed by atoms with Gasteiger partial charge in [0.25, 0.3) is 0 Å². The Kier molecular flexibility index (Phi) is 3.01. The molecular formula is C10H15O3+. The Morgan fingerprint density at radius 1 is 1.31 bits per heavy atom. The van der Waals surface area contributed by atoms with Crippen LogP contribution >= 0.6 is 0 Å². The monoisotopic (exact) mass is 183 g/mol. The SMILES string of the molecule is COc1ccc(OC(C)C)c([OH2+])c1. The zero-order valence-electron chi connectivity index (χ0n) is 8.13. The van der Waals surface area contributed by atoms with E-state index in [1.54, 1.807) is 25.3 Å². The lowest BCUT2D eigenvalue weighted by Gasteiger charge is -2.09. The van der Waals surface area contributed by atoms with Gasteiger partial charge in [-0.15, -0.1) is 0 Å². The Hall–Kier alpha value is -1.38. The number of hydrogen-bond acceptors (Lipinski definition) is 2. The van der Waals surface area contributed by atoms with E-state index < -0.39 is 0 Å². The number of benzene rings is 1. The molecule has 0 aliphatic rings. The zero-order valence-corrected chi connectivity index (χ0v) is 8.13. The molecule has 0 saturated heterocycles. The molecule has 0 aliphatic carbocycles. The molecule has 72 valence electrons. The number of ether oxygens (including phenoxy) is 2. The number of rotatable bonds is 3. The van der Waals surface area contributed by atoms with Crippen molar-refractivity contribution in [3.8, 4) is 17.2 Å². The second-order valence-corrected chi connectivity index (χ2v) is 3.03. The summed E-state index contributed by atoms with van der Waals surface area (Å²) in [6.07, 6.45) is 0.0949. The van der Waals surface area contributed by atoms with E-state index in [0.717, 1.165) is 0 Å². The molecule has 1 aromatic carbocycles. The molecule has 3 heteroatoms. The van der Waals surface area contributed by atoms with Gasteiger partial charge in [0, 0.05) is 0 Å². The van der Waals surface area contributed by atoms with Crippen LogP contribution in [0.3, 0.4) is 0 Å². The molecule has 0 aromatic heterocycles. The quantitative estimate of drug-likeness (QED) is 0.672. The lowest BCUT2D eigenvalue weighted by atomic mass is 10.3. The maximum atomic E-state index is 7.60. The molecule has 1 aromatic rings. The predicted molar refractivity (Wildman–Crippen MR) is 51.8 cm³/mol. The van der Waals surface area contributed by atoms with Crippen LogP contribution in [0.2, 0.25) is 0 Å². The van der Waals surface area contributed by atoms with Gasteiger partial charge in [-0.2, -0.15) is 0 Å². The highest BCUT2D eigenvalue weighted by molar-refractivity contribution is 5.44. The third kappa shape index (κ3) is 2.54. The van der Waals surface area contributed by atoms with Crippen molar-refractivity contribution in [2.75, 3.05) is 7.11 Å². The van der Waals surface area contributed by atoms with Crippen molar-refractivity contribution in [1.82, 2.24) is 0 Å². The smallest absolute Gasteiger partial charge is 0.300 e. The van der Waals surface area contributed by atoms with Gasteiger partial charge in [0.05, 0.1) is 19.3 Å². The third-order valence-electron chi connectivity index (χ3n) is 1.55. The van der Waals surface area contributed by atoms with Crippen molar-refractivity contribution >= 4 is 0 Å². The predicted octanol–water partition coefficient (Wildman–Crippen LogP) is 1.92. The molecule has 0 amide bonds. The van der Waals surface area contributed by atoms with Crippen LogP contribution in [0.5, 0.6) is 17.2 Å². The van der Waals surface area contributed by atoms with Crippen LogP contribution < -0.4 is 9.47 Å². The van der Waals surface area contributed by atoms with E-state index in [4.69, 9.17) is 14.6 Å². The Morgan fingerprint density at radius 2 is 2.00 bits per heavy atom. The van der Waals surface area contributed by atoms with Gasteiger partial charge in [0.15, 0.2) is 0 Å². The molecule has 0 spiro atoms. The molecule has 3 nitrogen and oxygen atoms in total. The first-order chi connectivity index (χ1) is 6.13. The summed E-state index contributed by atoms with van der Waals surface area (Å²) in [7, 11) is 1.58. The number of hydrogen-bond donors (Lipinski definition) is 0. The highest BCUT2D eigenvalue weighted by Crippen LogP contribution is 2.30.